The number of nitrogens with zero attached hydrogens (tertiary/aromatic N) is 4. The maximum atomic E-state index is 4.46. The van der Waals surface area contributed by atoms with E-state index in [4.69, 9.17) is 0 Å². The SMILES string of the molecule is CN=C(NCCCSc1ccccc1)N1CCN(c2ccccn2)CC1.I. The molecule has 5 nitrogen and oxygen atoms in total. The van der Waals surface area contributed by atoms with Crippen molar-refractivity contribution in [3.63, 3.8) is 0 Å². The van der Waals surface area contributed by atoms with Crippen molar-refractivity contribution in [2.24, 2.45) is 4.99 Å². The van der Waals surface area contributed by atoms with Crippen LogP contribution in [0.15, 0.2) is 64.6 Å². The molecule has 1 N–H and O–H groups in total. The van der Waals surface area contributed by atoms with Crippen LogP contribution in [0.2, 0.25) is 0 Å². The standard InChI is InChI=1S/C20H27N5S.HI/c1-21-20(23-12-7-17-26-18-8-3-2-4-9-18)25-15-13-24(14-16-25)19-10-5-6-11-22-19;/h2-6,8-11H,7,12-17H2,1H3,(H,21,23);1H. The average Bonchev–Trinajstić information content (AvgIpc) is 2.72. The Kier molecular flexibility index (Phi) is 9.75. The van der Waals surface area contributed by atoms with Crippen LogP contribution in [0.5, 0.6) is 0 Å². The fourth-order valence-corrected chi connectivity index (χ4v) is 3.87. The van der Waals surface area contributed by atoms with Crippen LogP contribution in [0.4, 0.5) is 5.82 Å². The highest BCUT2D eigenvalue weighted by Crippen LogP contribution is 2.17. The molecule has 1 aliphatic heterocycles. The van der Waals surface area contributed by atoms with E-state index < -0.39 is 0 Å². The van der Waals surface area contributed by atoms with E-state index in [0.717, 1.165) is 56.7 Å². The van der Waals surface area contributed by atoms with E-state index in [9.17, 15) is 0 Å². The molecule has 1 aromatic heterocycles. The first-order chi connectivity index (χ1) is 12.9. The fourth-order valence-electron chi connectivity index (χ4n) is 3.00. The Morgan fingerprint density at radius 2 is 1.81 bits per heavy atom. The molecule has 1 fully saturated rings. The summed E-state index contributed by atoms with van der Waals surface area (Å²) in [4.78, 5) is 14.9. The smallest absolute Gasteiger partial charge is 0.193 e. The molecule has 0 unspecified atom stereocenters. The Bertz CT molecular complexity index is 675. The molecule has 0 saturated carbocycles. The lowest BCUT2D eigenvalue weighted by atomic mass is 10.3. The molecule has 146 valence electrons. The zero-order chi connectivity index (χ0) is 18.0. The first-order valence-electron chi connectivity index (χ1n) is 9.16. The van der Waals surface area contributed by atoms with Gasteiger partial charge in [-0.15, -0.1) is 35.7 Å². The molecule has 1 aromatic carbocycles. The zero-order valence-electron chi connectivity index (χ0n) is 15.8. The molecule has 1 aliphatic rings. The summed E-state index contributed by atoms with van der Waals surface area (Å²) in [6, 6.07) is 16.6. The van der Waals surface area contributed by atoms with Gasteiger partial charge in [-0.1, -0.05) is 24.3 Å². The van der Waals surface area contributed by atoms with Crippen molar-refractivity contribution in [1.82, 2.24) is 15.2 Å². The number of hydrogen-bond donors (Lipinski definition) is 1. The Labute approximate surface area is 183 Å². The van der Waals surface area contributed by atoms with Gasteiger partial charge in [0.2, 0.25) is 0 Å². The molecule has 0 radical (unpaired) electrons. The van der Waals surface area contributed by atoms with Gasteiger partial charge in [-0.25, -0.2) is 4.98 Å². The number of aliphatic imine (C=N–C) groups is 1. The molecule has 27 heavy (non-hydrogen) atoms. The molecule has 7 heteroatoms. The van der Waals surface area contributed by atoms with Crippen molar-refractivity contribution < 1.29 is 0 Å². The second-order valence-electron chi connectivity index (χ2n) is 6.15. The maximum Gasteiger partial charge on any atom is 0.193 e. The Morgan fingerprint density at radius 1 is 1.07 bits per heavy atom. The Hall–Kier alpha value is -1.48. The highest BCUT2D eigenvalue weighted by molar-refractivity contribution is 14.0. The molecular formula is C20H28IN5S. The predicted molar refractivity (Wildman–Crippen MR) is 127 cm³/mol. The van der Waals surface area contributed by atoms with Crippen molar-refractivity contribution in [1.29, 1.82) is 0 Å². The van der Waals surface area contributed by atoms with Gasteiger partial charge in [-0.3, -0.25) is 4.99 Å². The third-order valence-corrected chi connectivity index (χ3v) is 5.48. The largest absolute Gasteiger partial charge is 0.356 e. The molecule has 3 rings (SSSR count). The summed E-state index contributed by atoms with van der Waals surface area (Å²) in [7, 11) is 1.87. The highest BCUT2D eigenvalue weighted by Gasteiger charge is 2.20. The first kappa shape index (κ1) is 21.8. The molecule has 2 heterocycles. The summed E-state index contributed by atoms with van der Waals surface area (Å²) < 4.78 is 0. The topological polar surface area (TPSA) is 43.8 Å². The summed E-state index contributed by atoms with van der Waals surface area (Å²) in [5.41, 5.74) is 0. The number of guanidine groups is 1. The molecule has 0 aliphatic carbocycles. The number of hydrogen-bond acceptors (Lipinski definition) is 4. The van der Waals surface area contributed by atoms with E-state index in [1.165, 1.54) is 4.90 Å². The second-order valence-corrected chi connectivity index (χ2v) is 7.32. The van der Waals surface area contributed by atoms with E-state index in [1.54, 1.807) is 0 Å². The van der Waals surface area contributed by atoms with Gasteiger partial charge in [-0.2, -0.15) is 0 Å². The molecule has 0 amide bonds. The number of halogens is 1. The van der Waals surface area contributed by atoms with Crippen LogP contribution in [0.1, 0.15) is 6.42 Å². The normalized spacial score (nSPS) is 14.6. The van der Waals surface area contributed by atoms with Gasteiger partial charge >= 0.3 is 0 Å². The number of anilines is 1. The quantitative estimate of drug-likeness (QED) is 0.217. The van der Waals surface area contributed by atoms with Crippen LogP contribution in [0.25, 0.3) is 0 Å². The monoisotopic (exact) mass is 497 g/mol. The Balaban J connectivity index is 0.00000261. The van der Waals surface area contributed by atoms with E-state index in [2.05, 4.69) is 61.5 Å². The summed E-state index contributed by atoms with van der Waals surface area (Å²) in [5, 5.41) is 3.51. The fraction of sp³-hybridized carbons (Fsp3) is 0.400. The molecule has 0 bridgehead atoms. The number of benzene rings is 1. The van der Waals surface area contributed by atoms with Gasteiger partial charge in [0.1, 0.15) is 5.82 Å². The molecular weight excluding hydrogens is 469 g/mol. The summed E-state index contributed by atoms with van der Waals surface area (Å²) in [6.07, 6.45) is 2.97. The highest BCUT2D eigenvalue weighted by atomic mass is 127. The van der Waals surface area contributed by atoms with Gasteiger partial charge in [-0.05, 0) is 36.4 Å². The Morgan fingerprint density at radius 3 is 2.48 bits per heavy atom. The van der Waals surface area contributed by atoms with Crippen LogP contribution >= 0.6 is 35.7 Å². The minimum atomic E-state index is 0. The van der Waals surface area contributed by atoms with Crippen LogP contribution in [0.3, 0.4) is 0 Å². The number of piperazine rings is 1. The lowest BCUT2D eigenvalue weighted by Crippen LogP contribution is -2.52. The molecule has 0 atom stereocenters. The molecule has 2 aromatic rings. The van der Waals surface area contributed by atoms with Crippen molar-refractivity contribution in [3.8, 4) is 0 Å². The lowest BCUT2D eigenvalue weighted by molar-refractivity contribution is 0.371. The van der Waals surface area contributed by atoms with Crippen molar-refractivity contribution in [3.05, 3.63) is 54.7 Å². The zero-order valence-corrected chi connectivity index (χ0v) is 18.9. The van der Waals surface area contributed by atoms with Gasteiger partial charge in [0.05, 0.1) is 0 Å². The third-order valence-electron chi connectivity index (χ3n) is 4.38. The number of aromatic nitrogens is 1. The van der Waals surface area contributed by atoms with Gasteiger partial charge in [0, 0.05) is 50.9 Å². The summed E-state index contributed by atoms with van der Waals surface area (Å²) in [6.45, 7) is 4.83. The summed E-state index contributed by atoms with van der Waals surface area (Å²) >= 11 is 1.91. The van der Waals surface area contributed by atoms with Crippen LogP contribution in [-0.4, -0.2) is 61.4 Å². The second kappa shape index (κ2) is 12.1. The van der Waals surface area contributed by atoms with Gasteiger partial charge in [0.15, 0.2) is 5.96 Å². The van der Waals surface area contributed by atoms with Crippen molar-refractivity contribution in [2.75, 3.05) is 50.4 Å². The van der Waals surface area contributed by atoms with E-state index in [-0.39, 0.29) is 24.0 Å². The van der Waals surface area contributed by atoms with E-state index in [1.807, 2.05) is 37.1 Å². The minimum absolute atomic E-state index is 0. The number of thioether (sulfide) groups is 1. The molecule has 0 spiro atoms. The molecule has 1 saturated heterocycles. The third kappa shape index (κ3) is 6.88. The summed E-state index contributed by atoms with van der Waals surface area (Å²) in [5.74, 6) is 3.19. The number of nitrogens with one attached hydrogen (secondary N) is 1. The van der Waals surface area contributed by atoms with Crippen molar-refractivity contribution in [2.45, 2.75) is 11.3 Å². The van der Waals surface area contributed by atoms with Crippen LogP contribution < -0.4 is 10.2 Å². The average molecular weight is 497 g/mol. The lowest BCUT2D eigenvalue weighted by Gasteiger charge is -2.37. The van der Waals surface area contributed by atoms with Crippen molar-refractivity contribution >= 4 is 47.5 Å². The number of pyridine rings is 1. The number of rotatable bonds is 6. The minimum Gasteiger partial charge on any atom is -0.356 e. The van der Waals surface area contributed by atoms with Gasteiger partial charge < -0.3 is 15.1 Å². The van der Waals surface area contributed by atoms with E-state index >= 15 is 0 Å². The van der Waals surface area contributed by atoms with Crippen LogP contribution in [-0.2, 0) is 0 Å². The van der Waals surface area contributed by atoms with E-state index in [0.29, 0.717) is 0 Å². The van der Waals surface area contributed by atoms with Gasteiger partial charge in [0.25, 0.3) is 0 Å². The first-order valence-corrected chi connectivity index (χ1v) is 10.1. The maximum absolute atomic E-state index is 4.46. The van der Waals surface area contributed by atoms with Crippen LogP contribution in [0, 0.1) is 0 Å². The predicted octanol–water partition coefficient (Wildman–Crippen LogP) is 3.58.